The maximum absolute atomic E-state index is 10.2. The second kappa shape index (κ2) is 8.79. The average Bonchev–Trinajstić information content (AvgIpc) is 2.13. The molecule has 0 spiro atoms. The smallest absolute Gasteiger partial charge is 0.327 e. The highest BCUT2D eigenvalue weighted by Crippen LogP contribution is 2.14. The van der Waals surface area contributed by atoms with E-state index in [1.165, 1.54) is 31.8 Å². The lowest BCUT2D eigenvalue weighted by Gasteiger charge is -2.08. The SMILES string of the molecule is CCCCCC(C)CC/C=C/C(=O)O. The molecule has 0 aliphatic heterocycles. The van der Waals surface area contributed by atoms with Crippen LogP contribution in [0.4, 0.5) is 0 Å². The van der Waals surface area contributed by atoms with Crippen LogP contribution < -0.4 is 0 Å². The minimum Gasteiger partial charge on any atom is -0.478 e. The van der Waals surface area contributed by atoms with Gasteiger partial charge < -0.3 is 5.11 Å². The Bertz CT molecular complexity index is 173. The lowest BCUT2D eigenvalue weighted by atomic mass is 9.98. The highest BCUT2D eigenvalue weighted by Gasteiger charge is 1.99. The maximum Gasteiger partial charge on any atom is 0.327 e. The van der Waals surface area contributed by atoms with Gasteiger partial charge in [-0.25, -0.2) is 4.79 Å². The summed E-state index contributed by atoms with van der Waals surface area (Å²) in [6.07, 6.45) is 10.1. The first kappa shape index (κ1) is 13.2. The van der Waals surface area contributed by atoms with Crippen molar-refractivity contribution < 1.29 is 9.90 Å². The van der Waals surface area contributed by atoms with E-state index in [0.717, 1.165) is 18.8 Å². The fourth-order valence-corrected chi connectivity index (χ4v) is 1.45. The molecule has 82 valence electrons. The zero-order valence-electron chi connectivity index (χ0n) is 9.33. The van der Waals surface area contributed by atoms with E-state index in [0.29, 0.717) is 0 Å². The van der Waals surface area contributed by atoms with Crippen LogP contribution in [0.3, 0.4) is 0 Å². The van der Waals surface area contributed by atoms with Gasteiger partial charge >= 0.3 is 5.97 Å². The van der Waals surface area contributed by atoms with Crippen LogP contribution in [0, 0.1) is 5.92 Å². The molecule has 14 heavy (non-hydrogen) atoms. The molecule has 0 aliphatic carbocycles. The van der Waals surface area contributed by atoms with Crippen LogP contribution in [0.25, 0.3) is 0 Å². The minimum absolute atomic E-state index is 0.722. The Morgan fingerprint density at radius 1 is 1.36 bits per heavy atom. The molecular formula is C12H22O2. The van der Waals surface area contributed by atoms with Gasteiger partial charge in [0.1, 0.15) is 0 Å². The summed E-state index contributed by atoms with van der Waals surface area (Å²) in [5.74, 6) is -0.122. The van der Waals surface area contributed by atoms with Gasteiger partial charge in [0.2, 0.25) is 0 Å². The van der Waals surface area contributed by atoms with Crippen LogP contribution in [0.15, 0.2) is 12.2 Å². The lowest BCUT2D eigenvalue weighted by molar-refractivity contribution is -0.131. The van der Waals surface area contributed by atoms with Gasteiger partial charge in [0, 0.05) is 6.08 Å². The van der Waals surface area contributed by atoms with Gasteiger partial charge in [0.25, 0.3) is 0 Å². The summed E-state index contributed by atoms with van der Waals surface area (Å²) < 4.78 is 0. The Balaban J connectivity index is 3.34. The Labute approximate surface area is 87.0 Å². The van der Waals surface area contributed by atoms with Crippen molar-refractivity contribution in [1.82, 2.24) is 0 Å². The lowest BCUT2D eigenvalue weighted by Crippen LogP contribution is -1.94. The van der Waals surface area contributed by atoms with Gasteiger partial charge in [-0.05, 0) is 18.8 Å². The summed E-state index contributed by atoms with van der Waals surface area (Å²) in [4.78, 5) is 10.2. The van der Waals surface area contributed by atoms with Gasteiger partial charge in [0.15, 0.2) is 0 Å². The number of carboxylic acid groups (broad SMARTS) is 1. The minimum atomic E-state index is -0.844. The highest BCUT2D eigenvalue weighted by molar-refractivity contribution is 5.79. The quantitative estimate of drug-likeness (QED) is 0.477. The number of carboxylic acids is 1. The van der Waals surface area contributed by atoms with Gasteiger partial charge in [0.05, 0.1) is 0 Å². The molecule has 0 saturated carbocycles. The van der Waals surface area contributed by atoms with E-state index >= 15 is 0 Å². The van der Waals surface area contributed by atoms with Crippen molar-refractivity contribution in [1.29, 1.82) is 0 Å². The van der Waals surface area contributed by atoms with E-state index < -0.39 is 5.97 Å². The number of carbonyl (C=O) groups is 1. The van der Waals surface area contributed by atoms with Crippen LogP contribution >= 0.6 is 0 Å². The van der Waals surface area contributed by atoms with E-state index in [4.69, 9.17) is 5.11 Å². The molecule has 0 aliphatic rings. The monoisotopic (exact) mass is 198 g/mol. The fourth-order valence-electron chi connectivity index (χ4n) is 1.45. The third-order valence-corrected chi connectivity index (χ3v) is 2.39. The van der Waals surface area contributed by atoms with E-state index in [-0.39, 0.29) is 0 Å². The van der Waals surface area contributed by atoms with Gasteiger partial charge in [-0.2, -0.15) is 0 Å². The Kier molecular flexibility index (Phi) is 8.30. The van der Waals surface area contributed by atoms with Crippen molar-refractivity contribution in [2.45, 2.75) is 52.4 Å². The molecular weight excluding hydrogens is 176 g/mol. The molecule has 0 saturated heterocycles. The largest absolute Gasteiger partial charge is 0.478 e. The number of aliphatic carboxylic acids is 1. The van der Waals surface area contributed by atoms with Crippen LogP contribution in [0.2, 0.25) is 0 Å². The summed E-state index contributed by atoms with van der Waals surface area (Å²) >= 11 is 0. The van der Waals surface area contributed by atoms with Crippen molar-refractivity contribution in [2.75, 3.05) is 0 Å². The van der Waals surface area contributed by atoms with Crippen molar-refractivity contribution >= 4 is 5.97 Å². The summed E-state index contributed by atoms with van der Waals surface area (Å²) in [6.45, 7) is 4.45. The third kappa shape index (κ3) is 9.30. The molecule has 0 amide bonds. The topological polar surface area (TPSA) is 37.3 Å². The normalized spacial score (nSPS) is 13.3. The molecule has 0 heterocycles. The van der Waals surface area contributed by atoms with Crippen LogP contribution in [-0.4, -0.2) is 11.1 Å². The molecule has 0 rings (SSSR count). The molecule has 0 bridgehead atoms. The van der Waals surface area contributed by atoms with E-state index in [1.807, 2.05) is 0 Å². The van der Waals surface area contributed by atoms with E-state index in [2.05, 4.69) is 13.8 Å². The van der Waals surface area contributed by atoms with Crippen molar-refractivity contribution in [3.8, 4) is 0 Å². The molecule has 0 fully saturated rings. The second-order valence-corrected chi connectivity index (χ2v) is 3.92. The molecule has 1 unspecified atom stereocenters. The van der Waals surface area contributed by atoms with Gasteiger partial charge in [-0.3, -0.25) is 0 Å². The van der Waals surface area contributed by atoms with E-state index in [9.17, 15) is 4.79 Å². The van der Waals surface area contributed by atoms with Crippen molar-refractivity contribution in [3.63, 3.8) is 0 Å². The summed E-state index contributed by atoms with van der Waals surface area (Å²) in [5, 5.41) is 8.37. The summed E-state index contributed by atoms with van der Waals surface area (Å²) in [6, 6.07) is 0. The highest BCUT2D eigenvalue weighted by atomic mass is 16.4. The maximum atomic E-state index is 10.2. The fraction of sp³-hybridized carbons (Fsp3) is 0.750. The molecule has 1 atom stereocenters. The third-order valence-electron chi connectivity index (χ3n) is 2.39. The van der Waals surface area contributed by atoms with Gasteiger partial charge in [-0.15, -0.1) is 0 Å². The molecule has 2 heteroatoms. The Hall–Kier alpha value is -0.790. The first-order chi connectivity index (χ1) is 6.66. The number of unbranched alkanes of at least 4 members (excludes halogenated alkanes) is 2. The zero-order chi connectivity index (χ0) is 10.8. The molecule has 0 aromatic rings. The summed E-state index contributed by atoms with van der Waals surface area (Å²) in [5.41, 5.74) is 0. The Morgan fingerprint density at radius 2 is 2.07 bits per heavy atom. The molecule has 1 N–H and O–H groups in total. The molecule has 0 aromatic heterocycles. The van der Waals surface area contributed by atoms with Crippen LogP contribution in [0.1, 0.15) is 52.4 Å². The standard InChI is InChI=1S/C12H22O2/c1-3-4-5-8-11(2)9-6-7-10-12(13)14/h7,10-11H,3-6,8-9H2,1-2H3,(H,13,14)/b10-7+. The number of hydrogen-bond donors (Lipinski definition) is 1. The average molecular weight is 198 g/mol. The van der Waals surface area contributed by atoms with Crippen LogP contribution in [-0.2, 0) is 4.79 Å². The van der Waals surface area contributed by atoms with E-state index in [1.54, 1.807) is 6.08 Å². The number of rotatable bonds is 8. The predicted octanol–water partition coefficient (Wildman–Crippen LogP) is 3.62. The van der Waals surface area contributed by atoms with Crippen LogP contribution in [0.5, 0.6) is 0 Å². The first-order valence-electron chi connectivity index (χ1n) is 5.56. The number of allylic oxidation sites excluding steroid dienone is 1. The summed E-state index contributed by atoms with van der Waals surface area (Å²) in [7, 11) is 0. The first-order valence-corrected chi connectivity index (χ1v) is 5.56. The van der Waals surface area contributed by atoms with Crippen molar-refractivity contribution in [3.05, 3.63) is 12.2 Å². The van der Waals surface area contributed by atoms with Crippen molar-refractivity contribution in [2.24, 2.45) is 5.92 Å². The number of hydrogen-bond acceptors (Lipinski definition) is 1. The molecule has 0 radical (unpaired) electrons. The Morgan fingerprint density at radius 3 is 2.64 bits per heavy atom. The van der Waals surface area contributed by atoms with Gasteiger partial charge in [-0.1, -0.05) is 45.6 Å². The zero-order valence-corrected chi connectivity index (χ0v) is 9.33. The molecule has 2 nitrogen and oxygen atoms in total. The predicted molar refractivity (Wildman–Crippen MR) is 59.3 cm³/mol. The second-order valence-electron chi connectivity index (χ2n) is 3.92. The molecule has 0 aromatic carbocycles.